The van der Waals surface area contributed by atoms with Crippen LogP contribution in [0.1, 0.15) is 330 Å². The Morgan fingerprint density at radius 2 is 0.741 bits per heavy atom. The molecule has 4 unspecified atom stereocenters. The second kappa shape index (κ2) is 59.7. The van der Waals surface area contributed by atoms with Gasteiger partial charge in [0.25, 0.3) is 0 Å². The maximum atomic E-state index is 12.2. The van der Waals surface area contributed by atoms with E-state index in [-0.39, 0.29) is 148 Å². The SMILES string of the molecule is CC(=O)C=C(C)O.CC(C)(C)C(=O)C=C(O)C(C)(C)C.CCC(=O)C=C(C)O.CCC(C)(CC)C(=O)C=C(O)C(C)(CC)CC.CCC(C)c1ccc2c(-c3[c-]c(C)cc(C)c3)nccc2c1.CCC(C)c1ccc2c(-c3[c-]c(C)cc(C)c3)nccc2c1.CCC(C)c1ccc2ccnc(-c3[c-]c(C)cc(C)c3)c2c1.CCC(C)c1cccc2c(-c3[c-]cc(C(C)(C)C)cc3)nccc12.[Ir].[Ir].[Ir].[Ir]. The zero-order valence-corrected chi connectivity index (χ0v) is 98.9. The summed E-state index contributed by atoms with van der Waals surface area (Å²) in [5.41, 5.74) is 21.3. The summed E-state index contributed by atoms with van der Waals surface area (Å²) in [5.74, 6) is 2.68. The molecule has 4 atom stereocenters. The number of aliphatic hydroxyl groups excluding tert-OH is 4. The summed E-state index contributed by atoms with van der Waals surface area (Å²) in [5, 5.41) is 46.5. The van der Waals surface area contributed by atoms with Crippen molar-refractivity contribution in [2.24, 2.45) is 21.7 Å². The number of rotatable bonds is 23. The van der Waals surface area contributed by atoms with Crippen LogP contribution in [-0.2, 0) is 105 Å². The van der Waals surface area contributed by atoms with Crippen molar-refractivity contribution in [1.82, 2.24) is 19.9 Å². The fourth-order valence-electron chi connectivity index (χ4n) is 14.9. The summed E-state index contributed by atoms with van der Waals surface area (Å²) in [7, 11) is 0. The van der Waals surface area contributed by atoms with E-state index in [0.717, 1.165) is 113 Å². The van der Waals surface area contributed by atoms with Gasteiger partial charge in [-0.3, -0.25) is 19.2 Å². The van der Waals surface area contributed by atoms with Gasteiger partial charge in [-0.2, -0.15) is 0 Å². The van der Waals surface area contributed by atoms with Gasteiger partial charge in [-0.05, 0) is 214 Å². The van der Waals surface area contributed by atoms with Gasteiger partial charge in [0.15, 0.2) is 23.1 Å². The fraction of sp³-hybridized carbons (Fsp3) is 0.415. The minimum Gasteiger partial charge on any atom is -0.512 e. The molecule has 8 aromatic carbocycles. The van der Waals surface area contributed by atoms with Crippen LogP contribution in [0.25, 0.3) is 88.1 Å². The van der Waals surface area contributed by atoms with Crippen LogP contribution >= 0.6 is 0 Å². The molecule has 0 aliphatic carbocycles. The zero-order chi connectivity index (χ0) is 101. The van der Waals surface area contributed by atoms with Crippen molar-refractivity contribution in [1.29, 1.82) is 0 Å². The molecule has 12 rings (SSSR count). The quantitative estimate of drug-likeness (QED) is 0.0269. The Bertz CT molecular complexity index is 5880. The molecule has 0 bridgehead atoms. The van der Waals surface area contributed by atoms with Gasteiger partial charge in [-0.1, -0.05) is 281 Å². The van der Waals surface area contributed by atoms with E-state index in [0.29, 0.717) is 30.1 Å². The van der Waals surface area contributed by atoms with Crippen molar-refractivity contribution >= 4 is 66.2 Å². The zero-order valence-electron chi connectivity index (χ0n) is 89.3. The van der Waals surface area contributed by atoms with E-state index in [2.05, 4.69) is 314 Å². The summed E-state index contributed by atoms with van der Waals surface area (Å²) in [6, 6.07) is 68.5. The number of nitrogens with zero attached hydrogens (tertiary/aromatic N) is 4. The number of ketones is 4. The van der Waals surface area contributed by atoms with E-state index < -0.39 is 5.41 Å². The number of aromatic nitrogens is 4. The number of carbonyl (C=O) groups excluding carboxylic acids is 4. The van der Waals surface area contributed by atoms with Gasteiger partial charge in [0.05, 0.1) is 11.5 Å². The molecule has 4 radical (unpaired) electrons. The third-order valence-corrected chi connectivity index (χ3v) is 25.5. The molecule has 0 fully saturated rings. The van der Waals surface area contributed by atoms with E-state index in [1.165, 1.54) is 133 Å². The number of hydrogen-bond acceptors (Lipinski definition) is 12. The predicted molar refractivity (Wildman–Crippen MR) is 572 cm³/mol. The first kappa shape index (κ1) is 128. The Morgan fingerprint density at radius 3 is 1.08 bits per heavy atom. The number of aliphatic hydroxyl groups is 4. The molecule has 139 heavy (non-hydrogen) atoms. The molecule has 0 amide bonds. The van der Waals surface area contributed by atoms with Gasteiger partial charge in [0.2, 0.25) is 0 Å². The summed E-state index contributed by atoms with van der Waals surface area (Å²) in [6.45, 7) is 66.7. The van der Waals surface area contributed by atoms with Crippen LogP contribution in [0.15, 0.2) is 224 Å². The van der Waals surface area contributed by atoms with Gasteiger partial charge in [0.1, 0.15) is 11.5 Å². The van der Waals surface area contributed by atoms with E-state index in [4.69, 9.17) is 10.2 Å². The van der Waals surface area contributed by atoms with E-state index >= 15 is 0 Å². The van der Waals surface area contributed by atoms with E-state index in [1.807, 2.05) is 108 Å². The van der Waals surface area contributed by atoms with Crippen LogP contribution in [-0.4, -0.2) is 63.5 Å². The summed E-state index contributed by atoms with van der Waals surface area (Å²) >= 11 is 0. The Morgan fingerprint density at radius 1 is 0.360 bits per heavy atom. The largest absolute Gasteiger partial charge is 0.512 e. The summed E-state index contributed by atoms with van der Waals surface area (Å²) in [6.07, 6.45) is 21.2. The molecule has 4 heterocycles. The van der Waals surface area contributed by atoms with Crippen LogP contribution in [0.5, 0.6) is 0 Å². The molecule has 0 aliphatic heterocycles. The van der Waals surface area contributed by atoms with Crippen LogP contribution in [0.2, 0.25) is 0 Å². The number of hydrogen-bond donors (Lipinski definition) is 4. The van der Waals surface area contributed by atoms with Crippen LogP contribution in [0.3, 0.4) is 0 Å². The molecule has 0 aliphatic rings. The summed E-state index contributed by atoms with van der Waals surface area (Å²) < 4.78 is 0. The second-order valence-corrected chi connectivity index (χ2v) is 40.1. The minimum absolute atomic E-state index is 0. The van der Waals surface area contributed by atoms with Crippen LogP contribution < -0.4 is 0 Å². The smallest absolute Gasteiger partial charge is 0.164 e. The third-order valence-electron chi connectivity index (χ3n) is 25.5. The molecule has 0 saturated carbocycles. The van der Waals surface area contributed by atoms with Crippen LogP contribution in [0.4, 0.5) is 0 Å². The van der Waals surface area contributed by atoms with Crippen molar-refractivity contribution < 1.29 is 120 Å². The van der Waals surface area contributed by atoms with E-state index in [9.17, 15) is 29.4 Å². The fourth-order valence-corrected chi connectivity index (χ4v) is 14.9. The predicted octanol–water partition coefficient (Wildman–Crippen LogP) is 34.2. The maximum absolute atomic E-state index is 12.2. The normalized spacial score (nSPS) is 12.5. The van der Waals surface area contributed by atoms with Crippen molar-refractivity contribution in [3.05, 3.63) is 309 Å². The van der Waals surface area contributed by atoms with Gasteiger partial charge < -0.3 is 40.4 Å². The monoisotopic (exact) mass is 2590 g/mol. The molecule has 12 aromatic rings. The van der Waals surface area contributed by atoms with Gasteiger partial charge in [-0.25, -0.2) is 0 Å². The van der Waals surface area contributed by atoms with E-state index in [1.54, 1.807) is 6.92 Å². The minimum atomic E-state index is -0.417. The topological polar surface area (TPSA) is 201 Å². The first-order chi connectivity index (χ1) is 63.3. The van der Waals surface area contributed by atoms with Gasteiger partial charge in [0, 0.05) is 158 Å². The molecule has 12 nitrogen and oxygen atoms in total. The Kier molecular flexibility index (Phi) is 54.9. The molecular formula is C123H158Ir4N4O8-4. The Balaban J connectivity index is 0.000000811. The van der Waals surface area contributed by atoms with Crippen molar-refractivity contribution in [3.8, 4) is 45.0 Å². The number of carbonyl (C=O) groups is 4. The standard InChI is InChI=1S/C23H26N.3C21H22N.C15H28O2.C11H20O2.C6H10O2.C5H8O2.4Ir/c1-6-16(2)19-8-7-9-21-20(19)14-15-24-22(21)17-10-12-18(13-11-17)23(3,4)5;2*1-5-16(4)17-6-7-20-18(13-17)8-9-22-21(20)19-11-14(2)10-15(3)12-19;1-5-16(4)18-7-6-17-8-9-22-21(20(17)13-18)19-11-14(2)10-15(3)12-19;1-7-14(5,8-2)12(16)11-13(17)15(6,9-3)10-4;1-10(2,3)8(12)7-9(13)11(4,5)6;1-3-6(8)4-5(2)7;1-4(6)3-5(2)7;;;;/h7-10,12-16H,6H2,1-5H3;3*6-11,13,16H,5H2,1-4H3;11,16H,7-10H2,1-6H3;7,12H,1-6H3;4,7H,3H2,1-2H3;3,6H,1-2H3;;;;/q4*-1;;;;;;;;. The Labute approximate surface area is 889 Å². The maximum Gasteiger partial charge on any atom is 0.164 e. The Hall–Kier alpha value is -9.16. The molecule has 0 saturated heterocycles. The van der Waals surface area contributed by atoms with Crippen molar-refractivity contribution in [2.75, 3.05) is 0 Å². The first-order valence-corrected chi connectivity index (χ1v) is 48.6. The van der Waals surface area contributed by atoms with Gasteiger partial charge in [-0.15, -0.1) is 140 Å². The van der Waals surface area contributed by atoms with Gasteiger partial charge >= 0.3 is 0 Å². The van der Waals surface area contributed by atoms with Crippen molar-refractivity contribution in [3.63, 3.8) is 0 Å². The molecular weight excluding hydrogens is 2430 g/mol. The summed E-state index contributed by atoms with van der Waals surface area (Å²) in [4.78, 5) is 62.6. The number of pyridine rings is 4. The van der Waals surface area contributed by atoms with Crippen molar-refractivity contribution in [2.45, 2.75) is 315 Å². The molecule has 758 valence electrons. The second-order valence-electron chi connectivity index (χ2n) is 40.1. The average molecular weight is 2590 g/mol. The number of fused-ring (bicyclic) bond motifs is 4. The molecule has 0 spiro atoms. The number of aryl methyl sites for hydroxylation is 6. The van der Waals surface area contributed by atoms with Crippen LogP contribution in [0, 0.1) is 87.5 Å². The molecule has 16 heteroatoms. The third kappa shape index (κ3) is 39.2. The average Bonchev–Trinajstić information content (AvgIpc) is 0.782. The first-order valence-electron chi connectivity index (χ1n) is 48.6. The molecule has 4 aromatic heterocycles. The molecule has 4 N–H and O–H groups in total. The number of benzene rings is 8. The number of allylic oxidation sites excluding steroid dienone is 8.